The summed E-state index contributed by atoms with van der Waals surface area (Å²) in [6, 6.07) is 5.75. The number of ether oxygens (including phenoxy) is 1. The molecule has 1 N–H and O–H groups in total. The summed E-state index contributed by atoms with van der Waals surface area (Å²) in [5.74, 6) is -0.536. The number of carbonyl (C=O) groups is 1. The highest BCUT2D eigenvalue weighted by Crippen LogP contribution is 2.30. The molecule has 0 radical (unpaired) electrons. The van der Waals surface area contributed by atoms with E-state index in [1.165, 1.54) is 35.3 Å². The van der Waals surface area contributed by atoms with E-state index in [4.69, 9.17) is 4.74 Å². The smallest absolute Gasteiger partial charge is 0.337 e. The molecule has 6 nitrogen and oxygen atoms in total. The molecular formula is C16H21NO5S. The first-order valence-corrected chi connectivity index (χ1v) is 9.36. The molecule has 2 fully saturated rings. The molecule has 1 saturated carbocycles. The van der Waals surface area contributed by atoms with Gasteiger partial charge in [-0.1, -0.05) is 12.1 Å². The van der Waals surface area contributed by atoms with Crippen LogP contribution in [0.2, 0.25) is 0 Å². The molecule has 0 spiro atoms. The van der Waals surface area contributed by atoms with E-state index in [2.05, 4.69) is 0 Å². The molecule has 0 bridgehead atoms. The van der Waals surface area contributed by atoms with E-state index in [0.29, 0.717) is 31.8 Å². The van der Waals surface area contributed by atoms with E-state index in [1.54, 1.807) is 6.07 Å². The highest BCUT2D eigenvalue weighted by atomic mass is 32.2. The first kappa shape index (κ1) is 16.4. The van der Waals surface area contributed by atoms with Crippen LogP contribution in [0, 0.1) is 5.92 Å². The fraction of sp³-hybridized carbons (Fsp3) is 0.562. The second-order valence-corrected chi connectivity index (χ2v) is 8.09. The van der Waals surface area contributed by atoms with Gasteiger partial charge >= 0.3 is 5.97 Å². The molecule has 1 aromatic rings. The fourth-order valence-electron chi connectivity index (χ4n) is 2.80. The Kier molecular flexibility index (Phi) is 4.70. The Balaban J connectivity index is 1.68. The van der Waals surface area contributed by atoms with Gasteiger partial charge in [0.1, 0.15) is 0 Å². The maximum Gasteiger partial charge on any atom is 0.337 e. The highest BCUT2D eigenvalue weighted by molar-refractivity contribution is 7.89. The van der Waals surface area contributed by atoms with Crippen molar-refractivity contribution in [2.45, 2.75) is 36.7 Å². The Hall–Kier alpha value is -1.44. The second kappa shape index (κ2) is 6.59. The minimum atomic E-state index is -3.78. The molecule has 1 aromatic carbocycles. The van der Waals surface area contributed by atoms with Crippen LogP contribution >= 0.6 is 0 Å². The average molecular weight is 339 g/mol. The van der Waals surface area contributed by atoms with E-state index in [-0.39, 0.29) is 16.6 Å². The number of aromatic carboxylic acids is 1. The highest BCUT2D eigenvalue weighted by Gasteiger charge is 2.33. The quantitative estimate of drug-likeness (QED) is 0.856. The molecule has 2 aliphatic rings. The molecule has 1 aliphatic heterocycles. The molecule has 7 heteroatoms. The van der Waals surface area contributed by atoms with E-state index in [1.807, 2.05) is 0 Å². The number of carboxylic acid groups (broad SMARTS) is 1. The third-order valence-electron chi connectivity index (χ3n) is 4.40. The van der Waals surface area contributed by atoms with Crippen LogP contribution in [0.1, 0.15) is 36.0 Å². The molecule has 23 heavy (non-hydrogen) atoms. The van der Waals surface area contributed by atoms with Crippen LogP contribution in [-0.4, -0.2) is 49.6 Å². The van der Waals surface area contributed by atoms with Crippen LogP contribution < -0.4 is 0 Å². The maximum atomic E-state index is 12.7. The van der Waals surface area contributed by atoms with Crippen LogP contribution in [0.15, 0.2) is 29.2 Å². The van der Waals surface area contributed by atoms with Crippen molar-refractivity contribution >= 4 is 16.0 Å². The topological polar surface area (TPSA) is 83.9 Å². The number of carboxylic acids is 1. The molecular weight excluding hydrogens is 318 g/mol. The lowest BCUT2D eigenvalue weighted by Crippen LogP contribution is -2.41. The monoisotopic (exact) mass is 339 g/mol. The van der Waals surface area contributed by atoms with Gasteiger partial charge in [-0.05, 0) is 43.7 Å². The largest absolute Gasteiger partial charge is 0.478 e. The standard InChI is InChI=1S/C16H21NO5S/c18-16(19)14-3-1-2-4-15(14)23(20,21)17-9-7-13(8-10-17)22-11-12-5-6-12/h1-4,12-13H,5-11H2,(H,18,19). The van der Waals surface area contributed by atoms with Crippen molar-refractivity contribution in [2.75, 3.05) is 19.7 Å². The number of piperidine rings is 1. The number of hydrogen-bond donors (Lipinski definition) is 1. The van der Waals surface area contributed by atoms with Gasteiger partial charge < -0.3 is 9.84 Å². The first-order valence-electron chi connectivity index (χ1n) is 7.92. The number of rotatable bonds is 6. The predicted molar refractivity (Wildman–Crippen MR) is 83.9 cm³/mol. The lowest BCUT2D eigenvalue weighted by molar-refractivity contribution is 0.0154. The second-order valence-electron chi connectivity index (χ2n) is 6.18. The summed E-state index contributed by atoms with van der Waals surface area (Å²) < 4.78 is 32.6. The number of sulfonamides is 1. The van der Waals surface area contributed by atoms with Crippen LogP contribution in [0.4, 0.5) is 0 Å². The van der Waals surface area contributed by atoms with Crippen molar-refractivity contribution in [3.05, 3.63) is 29.8 Å². The van der Waals surface area contributed by atoms with Crippen LogP contribution in [0.3, 0.4) is 0 Å². The van der Waals surface area contributed by atoms with Crippen molar-refractivity contribution in [2.24, 2.45) is 5.92 Å². The summed E-state index contributed by atoms with van der Waals surface area (Å²) in [5, 5.41) is 9.19. The molecule has 0 unspecified atom stereocenters. The number of hydrogen-bond acceptors (Lipinski definition) is 4. The summed E-state index contributed by atoms with van der Waals surface area (Å²) >= 11 is 0. The predicted octanol–water partition coefficient (Wildman–Crippen LogP) is 1.96. The number of benzene rings is 1. The van der Waals surface area contributed by atoms with Crippen LogP contribution in [0.5, 0.6) is 0 Å². The van der Waals surface area contributed by atoms with Crippen molar-refractivity contribution in [3.8, 4) is 0 Å². The minimum absolute atomic E-state index is 0.108. The van der Waals surface area contributed by atoms with E-state index in [0.717, 1.165) is 6.61 Å². The van der Waals surface area contributed by atoms with Crippen molar-refractivity contribution < 1.29 is 23.1 Å². The average Bonchev–Trinajstić information content (AvgIpc) is 3.37. The van der Waals surface area contributed by atoms with Gasteiger partial charge in [0.05, 0.1) is 16.6 Å². The summed E-state index contributed by atoms with van der Waals surface area (Å²) in [6.45, 7) is 1.51. The molecule has 0 atom stereocenters. The number of nitrogens with zero attached hydrogens (tertiary/aromatic N) is 1. The Bertz CT molecular complexity index is 675. The van der Waals surface area contributed by atoms with E-state index < -0.39 is 16.0 Å². The molecule has 0 aromatic heterocycles. The zero-order valence-electron chi connectivity index (χ0n) is 12.8. The lowest BCUT2D eigenvalue weighted by atomic mass is 10.1. The molecule has 0 amide bonds. The van der Waals surface area contributed by atoms with E-state index >= 15 is 0 Å². The van der Waals surface area contributed by atoms with Crippen molar-refractivity contribution in [1.82, 2.24) is 4.31 Å². The molecule has 126 valence electrons. The third-order valence-corrected chi connectivity index (χ3v) is 6.36. The van der Waals surface area contributed by atoms with Gasteiger partial charge in [0, 0.05) is 19.7 Å². The SMILES string of the molecule is O=C(O)c1ccccc1S(=O)(=O)N1CCC(OCC2CC2)CC1. The lowest BCUT2D eigenvalue weighted by Gasteiger charge is -2.31. The van der Waals surface area contributed by atoms with Gasteiger partial charge in [-0.15, -0.1) is 0 Å². The van der Waals surface area contributed by atoms with Crippen LogP contribution in [0.25, 0.3) is 0 Å². The fourth-order valence-corrected chi connectivity index (χ4v) is 4.46. The summed E-state index contributed by atoms with van der Waals surface area (Å²) in [6.07, 6.45) is 3.89. The normalized spacial score (nSPS) is 20.5. The van der Waals surface area contributed by atoms with Gasteiger partial charge in [-0.25, -0.2) is 13.2 Å². The molecule has 1 saturated heterocycles. The first-order chi connectivity index (χ1) is 11.0. The zero-order chi connectivity index (χ0) is 16.4. The summed E-state index contributed by atoms with van der Waals surface area (Å²) in [5.41, 5.74) is -0.181. The molecule has 3 rings (SSSR count). The molecule has 1 heterocycles. The third kappa shape index (κ3) is 3.73. The summed E-state index contributed by atoms with van der Waals surface area (Å²) in [7, 11) is -3.78. The Morgan fingerprint density at radius 1 is 1.17 bits per heavy atom. The van der Waals surface area contributed by atoms with Crippen molar-refractivity contribution in [3.63, 3.8) is 0 Å². The Morgan fingerprint density at radius 2 is 1.83 bits per heavy atom. The minimum Gasteiger partial charge on any atom is -0.478 e. The Morgan fingerprint density at radius 3 is 2.43 bits per heavy atom. The summed E-state index contributed by atoms with van der Waals surface area (Å²) in [4.78, 5) is 11.1. The maximum absolute atomic E-state index is 12.7. The van der Waals surface area contributed by atoms with Gasteiger partial charge in [0.15, 0.2) is 0 Å². The molecule has 1 aliphatic carbocycles. The zero-order valence-corrected chi connectivity index (χ0v) is 13.7. The van der Waals surface area contributed by atoms with Gasteiger partial charge in [-0.2, -0.15) is 4.31 Å². The van der Waals surface area contributed by atoms with Crippen LogP contribution in [-0.2, 0) is 14.8 Å². The van der Waals surface area contributed by atoms with E-state index in [9.17, 15) is 18.3 Å². The van der Waals surface area contributed by atoms with Gasteiger partial charge in [0.25, 0.3) is 0 Å². The van der Waals surface area contributed by atoms with Gasteiger partial charge in [-0.3, -0.25) is 0 Å². The Labute approximate surface area is 136 Å². The van der Waals surface area contributed by atoms with Crippen molar-refractivity contribution in [1.29, 1.82) is 0 Å². The van der Waals surface area contributed by atoms with Gasteiger partial charge in [0.2, 0.25) is 10.0 Å².